The number of nitrogens with two attached hydrogens (primary N) is 1. The van der Waals surface area contributed by atoms with Crippen LogP contribution in [0.4, 0.5) is 4.39 Å². The number of rotatable bonds is 7. The highest BCUT2D eigenvalue weighted by Crippen LogP contribution is 2.24. The molecule has 0 fully saturated rings. The van der Waals surface area contributed by atoms with Gasteiger partial charge < -0.3 is 20.2 Å². The number of nitrogens with zero attached hydrogens (tertiary/aromatic N) is 3. The van der Waals surface area contributed by atoms with Crippen molar-refractivity contribution in [3.05, 3.63) is 89.9 Å². The highest BCUT2D eigenvalue weighted by atomic mass is 19.1. The van der Waals surface area contributed by atoms with Crippen LogP contribution in [0.5, 0.6) is 11.5 Å². The van der Waals surface area contributed by atoms with Gasteiger partial charge in [-0.05, 0) is 48.9 Å². The Balaban J connectivity index is 1.44. The van der Waals surface area contributed by atoms with Crippen LogP contribution in [0.25, 0.3) is 5.65 Å². The molecule has 0 spiro atoms. The van der Waals surface area contributed by atoms with Gasteiger partial charge in [0, 0.05) is 18.6 Å². The molecule has 0 unspecified atom stereocenters. The van der Waals surface area contributed by atoms with Gasteiger partial charge >= 0.3 is 0 Å². The standard InChI is InChI=1S/C22H20FN5O2/c23-20-6-5-18(30-17-3-1-15(2-4-17)7-8-24)11-19(20)22(29)26-12-16-14-28-10-9-25-13-21(28)27-16/h1-6,9-11,13-14H,7-8,12,24H2,(H,26,29). The molecule has 2 aromatic carbocycles. The summed E-state index contributed by atoms with van der Waals surface area (Å²) in [5, 5.41) is 2.69. The minimum Gasteiger partial charge on any atom is -0.457 e. The van der Waals surface area contributed by atoms with E-state index in [0.717, 1.165) is 12.0 Å². The summed E-state index contributed by atoms with van der Waals surface area (Å²) < 4.78 is 21.8. The van der Waals surface area contributed by atoms with E-state index in [9.17, 15) is 9.18 Å². The molecule has 0 aliphatic heterocycles. The van der Waals surface area contributed by atoms with E-state index in [1.165, 1.54) is 18.2 Å². The largest absolute Gasteiger partial charge is 0.457 e. The predicted octanol–water partition coefficient (Wildman–Crippen LogP) is 3.09. The lowest BCUT2D eigenvalue weighted by Gasteiger charge is -2.10. The van der Waals surface area contributed by atoms with E-state index in [-0.39, 0.29) is 12.1 Å². The molecule has 4 rings (SSSR count). The zero-order chi connectivity index (χ0) is 20.9. The van der Waals surface area contributed by atoms with Gasteiger partial charge in [-0.25, -0.2) is 9.37 Å². The minimum absolute atomic E-state index is 0.0994. The van der Waals surface area contributed by atoms with Gasteiger partial charge in [0.25, 0.3) is 5.91 Å². The Labute approximate surface area is 172 Å². The second-order valence-corrected chi connectivity index (χ2v) is 6.68. The van der Waals surface area contributed by atoms with Crippen molar-refractivity contribution in [2.45, 2.75) is 13.0 Å². The van der Waals surface area contributed by atoms with Crippen molar-refractivity contribution in [2.75, 3.05) is 6.54 Å². The second kappa shape index (κ2) is 8.71. The van der Waals surface area contributed by atoms with Crippen molar-refractivity contribution in [3.8, 4) is 11.5 Å². The number of hydrogen-bond donors (Lipinski definition) is 2. The van der Waals surface area contributed by atoms with E-state index < -0.39 is 11.7 Å². The van der Waals surface area contributed by atoms with E-state index in [1.807, 2.05) is 24.3 Å². The van der Waals surface area contributed by atoms with Crippen molar-refractivity contribution < 1.29 is 13.9 Å². The number of imidazole rings is 1. The van der Waals surface area contributed by atoms with Crippen LogP contribution in [0.2, 0.25) is 0 Å². The second-order valence-electron chi connectivity index (χ2n) is 6.68. The third-order valence-electron chi connectivity index (χ3n) is 4.52. The monoisotopic (exact) mass is 405 g/mol. The molecule has 0 aliphatic rings. The first-order valence-corrected chi connectivity index (χ1v) is 9.44. The average molecular weight is 405 g/mol. The van der Waals surface area contributed by atoms with Crippen LogP contribution in [0, 0.1) is 5.82 Å². The van der Waals surface area contributed by atoms with Gasteiger partial charge in [0.05, 0.1) is 24.0 Å². The average Bonchev–Trinajstić information content (AvgIpc) is 3.18. The quantitative estimate of drug-likeness (QED) is 0.493. The Hall–Kier alpha value is -3.78. The molecule has 4 aromatic rings. The molecular weight excluding hydrogens is 385 g/mol. The number of hydrogen-bond acceptors (Lipinski definition) is 5. The Kier molecular flexibility index (Phi) is 5.67. The number of amides is 1. The zero-order valence-electron chi connectivity index (χ0n) is 16.1. The normalized spacial score (nSPS) is 10.9. The molecular formula is C22H20FN5O2. The molecule has 1 amide bonds. The van der Waals surface area contributed by atoms with Gasteiger partial charge in [-0.1, -0.05) is 12.1 Å². The number of benzene rings is 2. The number of nitrogens with one attached hydrogen (secondary N) is 1. The van der Waals surface area contributed by atoms with Gasteiger partial charge in [-0.3, -0.25) is 9.78 Å². The van der Waals surface area contributed by atoms with E-state index in [1.54, 1.807) is 29.2 Å². The third-order valence-corrected chi connectivity index (χ3v) is 4.52. The highest BCUT2D eigenvalue weighted by molar-refractivity contribution is 5.94. The van der Waals surface area contributed by atoms with E-state index in [4.69, 9.17) is 10.5 Å². The van der Waals surface area contributed by atoms with Crippen LogP contribution in [-0.4, -0.2) is 26.8 Å². The zero-order valence-corrected chi connectivity index (χ0v) is 16.1. The Bertz CT molecular complexity index is 1140. The number of ether oxygens (including phenoxy) is 1. The molecule has 3 N–H and O–H groups in total. The molecule has 0 saturated heterocycles. The van der Waals surface area contributed by atoms with E-state index in [2.05, 4.69) is 15.3 Å². The lowest BCUT2D eigenvalue weighted by Crippen LogP contribution is -2.24. The fourth-order valence-corrected chi connectivity index (χ4v) is 3.02. The van der Waals surface area contributed by atoms with Crippen LogP contribution in [0.15, 0.2) is 67.3 Å². The van der Waals surface area contributed by atoms with Crippen LogP contribution >= 0.6 is 0 Å². The van der Waals surface area contributed by atoms with Crippen LogP contribution < -0.4 is 15.8 Å². The van der Waals surface area contributed by atoms with Crippen LogP contribution in [0.3, 0.4) is 0 Å². The van der Waals surface area contributed by atoms with Gasteiger partial charge in [-0.15, -0.1) is 0 Å². The smallest absolute Gasteiger partial charge is 0.254 e. The predicted molar refractivity (Wildman–Crippen MR) is 110 cm³/mol. The van der Waals surface area contributed by atoms with Crippen molar-refractivity contribution in [3.63, 3.8) is 0 Å². The summed E-state index contributed by atoms with van der Waals surface area (Å²) >= 11 is 0. The lowest BCUT2D eigenvalue weighted by molar-refractivity contribution is 0.0946. The molecule has 0 aliphatic carbocycles. The fraction of sp³-hybridized carbons (Fsp3) is 0.136. The Morgan fingerprint density at radius 1 is 1.17 bits per heavy atom. The number of carbonyl (C=O) groups excluding carboxylic acids is 1. The minimum atomic E-state index is -0.627. The Morgan fingerprint density at radius 3 is 2.73 bits per heavy atom. The maximum absolute atomic E-state index is 14.2. The SMILES string of the molecule is NCCc1ccc(Oc2ccc(F)c(C(=O)NCc3cn4ccncc4n3)c2)cc1. The summed E-state index contributed by atoms with van der Waals surface area (Å²) in [6.45, 7) is 0.732. The summed E-state index contributed by atoms with van der Waals surface area (Å²) in [6, 6.07) is 11.5. The number of fused-ring (bicyclic) bond motifs is 1. The summed E-state index contributed by atoms with van der Waals surface area (Å²) in [7, 11) is 0. The first-order valence-electron chi connectivity index (χ1n) is 9.44. The van der Waals surface area contributed by atoms with Gasteiger partial charge in [0.15, 0.2) is 5.65 Å². The number of carbonyl (C=O) groups is 1. The molecule has 152 valence electrons. The van der Waals surface area contributed by atoms with Gasteiger partial charge in [-0.2, -0.15) is 0 Å². The van der Waals surface area contributed by atoms with Crippen molar-refractivity contribution >= 4 is 11.6 Å². The maximum Gasteiger partial charge on any atom is 0.254 e. The maximum atomic E-state index is 14.2. The molecule has 0 radical (unpaired) electrons. The molecule has 0 saturated carbocycles. The van der Waals surface area contributed by atoms with Crippen molar-refractivity contribution in [2.24, 2.45) is 5.73 Å². The van der Waals surface area contributed by atoms with Crippen LogP contribution in [0.1, 0.15) is 21.6 Å². The van der Waals surface area contributed by atoms with Gasteiger partial charge in [0.1, 0.15) is 17.3 Å². The molecule has 0 atom stereocenters. The first-order chi connectivity index (χ1) is 14.6. The molecule has 7 nitrogen and oxygen atoms in total. The Morgan fingerprint density at radius 2 is 1.97 bits per heavy atom. The topological polar surface area (TPSA) is 94.5 Å². The first kappa shape index (κ1) is 19.5. The molecule has 2 aromatic heterocycles. The third kappa shape index (κ3) is 4.44. The molecule has 8 heteroatoms. The molecule has 2 heterocycles. The number of halogens is 1. The lowest BCUT2D eigenvalue weighted by atomic mass is 10.1. The molecule has 30 heavy (non-hydrogen) atoms. The summed E-state index contributed by atoms with van der Waals surface area (Å²) in [6.07, 6.45) is 7.58. The number of aromatic nitrogens is 3. The van der Waals surface area contributed by atoms with E-state index in [0.29, 0.717) is 29.4 Å². The van der Waals surface area contributed by atoms with Crippen molar-refractivity contribution in [1.29, 1.82) is 0 Å². The highest BCUT2D eigenvalue weighted by Gasteiger charge is 2.14. The van der Waals surface area contributed by atoms with Crippen molar-refractivity contribution in [1.82, 2.24) is 19.7 Å². The van der Waals surface area contributed by atoms with E-state index >= 15 is 0 Å². The molecule has 0 bridgehead atoms. The van der Waals surface area contributed by atoms with Gasteiger partial charge in [0.2, 0.25) is 0 Å². The summed E-state index contributed by atoms with van der Waals surface area (Å²) in [5.74, 6) is -0.220. The summed E-state index contributed by atoms with van der Waals surface area (Å²) in [4.78, 5) is 20.9. The van der Waals surface area contributed by atoms with Crippen LogP contribution in [-0.2, 0) is 13.0 Å². The summed E-state index contributed by atoms with van der Waals surface area (Å²) in [5.41, 5.74) is 7.86. The fourth-order valence-electron chi connectivity index (χ4n) is 3.02.